The molecule has 46 heavy (non-hydrogen) atoms. The Morgan fingerprint density at radius 2 is 1.74 bits per heavy atom. The monoisotopic (exact) mass is 708 g/mol. The van der Waals surface area contributed by atoms with Crippen LogP contribution in [0.5, 0.6) is 5.75 Å². The molecule has 0 radical (unpaired) electrons. The predicted molar refractivity (Wildman–Crippen MR) is 166 cm³/mol. The molecule has 4 rings (SSSR count). The zero-order valence-corrected chi connectivity index (χ0v) is 27.4. The number of fused-ring (bicyclic) bond motifs is 1. The third-order valence-corrected chi connectivity index (χ3v) is 9.25. The molecule has 1 fully saturated rings. The number of hydrogen-bond acceptors (Lipinski definition) is 8. The number of sulfonamides is 1. The normalized spacial score (nSPS) is 14.3. The number of para-hydroxylation sites is 1. The number of aryl methyl sites for hydroxylation is 1. The summed E-state index contributed by atoms with van der Waals surface area (Å²) >= 11 is 13.0. The van der Waals surface area contributed by atoms with Gasteiger partial charge >= 0.3 is 12.1 Å². The standard InChI is InChI=1S/C27H32Cl2N4O5S.C2HF3O2/c1-18-7-8-19-5-4-6-22(25(19)31-18)38-17-20-21(28)9-10-23(24(20)29)39(35,36)32-27(2,3)26(34)30-11-12-33-13-15-37-16-14-33;3-2(4,5)1(6)7/h4-10,32H,11-17H2,1-3H3,(H,30,34);(H,6,7). The summed E-state index contributed by atoms with van der Waals surface area (Å²) in [6.45, 7) is 8.74. The van der Waals surface area contributed by atoms with Crippen molar-refractivity contribution in [3.8, 4) is 5.75 Å². The van der Waals surface area contributed by atoms with Gasteiger partial charge in [-0.15, -0.1) is 0 Å². The fraction of sp³-hybridized carbons (Fsp3) is 0.414. The Labute approximate surface area is 274 Å². The molecule has 3 aromatic rings. The van der Waals surface area contributed by atoms with Gasteiger partial charge in [0.05, 0.1) is 18.2 Å². The lowest BCUT2D eigenvalue weighted by Crippen LogP contribution is -2.55. The number of benzene rings is 2. The van der Waals surface area contributed by atoms with E-state index in [0.717, 1.165) is 24.2 Å². The first-order valence-electron chi connectivity index (χ1n) is 13.8. The average Bonchev–Trinajstić information content (AvgIpc) is 2.96. The van der Waals surface area contributed by atoms with Gasteiger partial charge in [0.15, 0.2) is 0 Å². The maximum atomic E-state index is 13.4. The number of nitrogens with one attached hydrogen (secondary N) is 2. The number of morpholine rings is 1. The number of aliphatic carboxylic acids is 1. The van der Waals surface area contributed by atoms with E-state index in [1.807, 2.05) is 31.2 Å². The first-order chi connectivity index (χ1) is 21.4. The molecule has 11 nitrogen and oxygen atoms in total. The van der Waals surface area contributed by atoms with Crippen LogP contribution in [0.4, 0.5) is 13.2 Å². The van der Waals surface area contributed by atoms with E-state index in [4.69, 9.17) is 42.6 Å². The molecule has 1 aliphatic rings. The Morgan fingerprint density at radius 1 is 1.09 bits per heavy atom. The maximum Gasteiger partial charge on any atom is 0.490 e. The minimum atomic E-state index is -5.08. The highest BCUT2D eigenvalue weighted by atomic mass is 35.5. The number of hydrogen-bond donors (Lipinski definition) is 3. The van der Waals surface area contributed by atoms with Crippen LogP contribution in [0, 0.1) is 6.92 Å². The van der Waals surface area contributed by atoms with Crippen molar-refractivity contribution in [1.82, 2.24) is 19.9 Å². The van der Waals surface area contributed by atoms with Crippen LogP contribution in [0.25, 0.3) is 10.9 Å². The molecule has 2 aromatic carbocycles. The van der Waals surface area contributed by atoms with Crippen molar-refractivity contribution in [2.75, 3.05) is 39.4 Å². The largest absolute Gasteiger partial charge is 0.490 e. The molecule has 0 atom stereocenters. The lowest BCUT2D eigenvalue weighted by molar-refractivity contribution is -0.192. The molecule has 0 saturated carbocycles. The number of carbonyl (C=O) groups is 2. The molecule has 252 valence electrons. The number of nitrogens with zero attached hydrogens (tertiary/aromatic N) is 2. The summed E-state index contributed by atoms with van der Waals surface area (Å²) < 4.78 is 72.2. The summed E-state index contributed by atoms with van der Waals surface area (Å²) in [5.74, 6) is -2.69. The summed E-state index contributed by atoms with van der Waals surface area (Å²) in [7, 11) is -4.20. The van der Waals surface area contributed by atoms with Gasteiger partial charge in [0.1, 0.15) is 28.3 Å². The zero-order valence-electron chi connectivity index (χ0n) is 25.1. The number of carboxylic acids is 1. The molecule has 0 aliphatic carbocycles. The first-order valence-corrected chi connectivity index (χ1v) is 16.0. The van der Waals surface area contributed by atoms with Crippen molar-refractivity contribution in [3.05, 3.63) is 63.8 Å². The third-order valence-electron chi connectivity index (χ3n) is 6.65. The minimum Gasteiger partial charge on any atom is -0.487 e. The van der Waals surface area contributed by atoms with Crippen molar-refractivity contribution in [3.63, 3.8) is 0 Å². The van der Waals surface area contributed by atoms with E-state index in [0.29, 0.717) is 43.1 Å². The van der Waals surface area contributed by atoms with Crippen LogP contribution >= 0.6 is 23.2 Å². The van der Waals surface area contributed by atoms with E-state index in [1.165, 1.54) is 26.0 Å². The van der Waals surface area contributed by atoms with Gasteiger partial charge in [-0.2, -0.15) is 17.9 Å². The van der Waals surface area contributed by atoms with Crippen LogP contribution in [-0.4, -0.2) is 86.4 Å². The van der Waals surface area contributed by atoms with Crippen LogP contribution in [0.15, 0.2) is 47.4 Å². The summed E-state index contributed by atoms with van der Waals surface area (Å²) in [4.78, 5) is 28.3. The Hall–Kier alpha value is -3.21. The van der Waals surface area contributed by atoms with Gasteiger partial charge in [0.25, 0.3) is 0 Å². The summed E-state index contributed by atoms with van der Waals surface area (Å²) in [5.41, 5.74) is 0.382. The zero-order chi connectivity index (χ0) is 34.3. The fourth-order valence-corrected chi connectivity index (χ4v) is 6.48. The lowest BCUT2D eigenvalue weighted by Gasteiger charge is -2.28. The van der Waals surface area contributed by atoms with Gasteiger partial charge in [-0.25, -0.2) is 18.2 Å². The predicted octanol–water partition coefficient (Wildman–Crippen LogP) is 4.57. The Kier molecular flexibility index (Phi) is 12.6. The maximum absolute atomic E-state index is 13.4. The molecule has 17 heteroatoms. The minimum absolute atomic E-state index is 0.0806. The number of halogens is 5. The smallest absolute Gasteiger partial charge is 0.487 e. The molecule has 1 aliphatic heterocycles. The van der Waals surface area contributed by atoms with Gasteiger partial charge in [-0.1, -0.05) is 41.4 Å². The molecule has 1 aromatic heterocycles. The summed E-state index contributed by atoms with van der Waals surface area (Å²) in [6, 6.07) is 12.2. The number of carboxylic acid groups (broad SMARTS) is 1. The van der Waals surface area contributed by atoms with E-state index in [9.17, 15) is 26.4 Å². The Morgan fingerprint density at radius 3 is 2.37 bits per heavy atom. The van der Waals surface area contributed by atoms with Crippen LogP contribution in [0.2, 0.25) is 10.0 Å². The van der Waals surface area contributed by atoms with Gasteiger partial charge in [-0.05, 0) is 45.0 Å². The van der Waals surface area contributed by atoms with E-state index in [1.54, 1.807) is 6.07 Å². The first kappa shape index (κ1) is 37.2. The third kappa shape index (κ3) is 10.1. The van der Waals surface area contributed by atoms with Gasteiger partial charge < -0.3 is 19.9 Å². The van der Waals surface area contributed by atoms with Crippen LogP contribution in [0.1, 0.15) is 25.1 Å². The number of amides is 1. The molecule has 1 amide bonds. The molecule has 0 bridgehead atoms. The Balaban J connectivity index is 0.000000738. The highest BCUT2D eigenvalue weighted by Gasteiger charge is 2.38. The highest BCUT2D eigenvalue weighted by Crippen LogP contribution is 2.33. The second-order valence-corrected chi connectivity index (χ2v) is 13.1. The van der Waals surface area contributed by atoms with Crippen molar-refractivity contribution in [1.29, 1.82) is 0 Å². The second kappa shape index (κ2) is 15.6. The highest BCUT2D eigenvalue weighted by molar-refractivity contribution is 7.89. The van der Waals surface area contributed by atoms with Crippen LogP contribution in [0.3, 0.4) is 0 Å². The molecular weight excluding hydrogens is 676 g/mol. The van der Waals surface area contributed by atoms with Crippen molar-refractivity contribution < 1.29 is 45.8 Å². The number of rotatable bonds is 10. The van der Waals surface area contributed by atoms with Crippen molar-refractivity contribution in [2.24, 2.45) is 0 Å². The number of carbonyl (C=O) groups excluding carboxylic acids is 1. The SMILES string of the molecule is Cc1ccc2cccc(OCc3c(Cl)ccc(S(=O)(=O)NC(C)(C)C(=O)NCCN4CCOCC4)c3Cl)c2n1.O=C(O)C(F)(F)F. The molecule has 0 spiro atoms. The summed E-state index contributed by atoms with van der Waals surface area (Å²) in [5, 5.41) is 11.0. The lowest BCUT2D eigenvalue weighted by atomic mass is 10.1. The molecule has 0 unspecified atom stereocenters. The van der Waals surface area contributed by atoms with E-state index >= 15 is 0 Å². The molecular formula is C29H33Cl2F3N4O7S. The average molecular weight is 710 g/mol. The molecule has 2 heterocycles. The van der Waals surface area contributed by atoms with E-state index in [-0.39, 0.29) is 21.5 Å². The number of aromatic nitrogens is 1. The number of ether oxygens (including phenoxy) is 2. The molecule has 1 saturated heterocycles. The Bertz CT molecular complexity index is 1670. The van der Waals surface area contributed by atoms with Gasteiger partial charge in [0, 0.05) is 47.8 Å². The second-order valence-electron chi connectivity index (χ2n) is 10.7. The molecule has 3 N–H and O–H groups in total. The quantitative estimate of drug-likeness (QED) is 0.276. The van der Waals surface area contributed by atoms with Crippen LogP contribution in [-0.2, 0) is 31.0 Å². The van der Waals surface area contributed by atoms with Crippen molar-refractivity contribution >= 4 is 56.0 Å². The fourth-order valence-electron chi connectivity index (χ4n) is 4.21. The number of pyridine rings is 1. The van der Waals surface area contributed by atoms with Crippen molar-refractivity contribution in [2.45, 2.75) is 44.0 Å². The van der Waals surface area contributed by atoms with E-state index < -0.39 is 33.6 Å². The van der Waals surface area contributed by atoms with E-state index in [2.05, 4.69) is 19.9 Å². The van der Waals surface area contributed by atoms with Gasteiger partial charge in [0.2, 0.25) is 15.9 Å². The topological polar surface area (TPSA) is 147 Å². The van der Waals surface area contributed by atoms with Gasteiger partial charge in [-0.3, -0.25) is 9.69 Å². The van der Waals surface area contributed by atoms with Crippen LogP contribution < -0.4 is 14.8 Å². The summed E-state index contributed by atoms with van der Waals surface area (Å²) in [6.07, 6.45) is -5.08. The number of alkyl halides is 3.